The van der Waals surface area contributed by atoms with Crippen LogP contribution in [0.4, 0.5) is 5.69 Å². The Balaban J connectivity index is 1.94. The van der Waals surface area contributed by atoms with Crippen molar-refractivity contribution in [2.24, 2.45) is 0 Å². The van der Waals surface area contributed by atoms with Gasteiger partial charge in [-0.3, -0.25) is 9.69 Å². The zero-order valence-corrected chi connectivity index (χ0v) is 15.7. The smallest absolute Gasteiger partial charge is 0.339 e. The number of para-hydroxylation sites is 1. The second kappa shape index (κ2) is 7.73. The Morgan fingerprint density at radius 1 is 1.15 bits per heavy atom. The summed E-state index contributed by atoms with van der Waals surface area (Å²) in [5, 5.41) is 8.95. The lowest BCUT2D eigenvalue weighted by Crippen LogP contribution is -2.29. The Labute approximate surface area is 164 Å². The summed E-state index contributed by atoms with van der Waals surface area (Å²) in [5.74, 6) is -1.94. The van der Waals surface area contributed by atoms with Gasteiger partial charge in [0.1, 0.15) is 0 Å². The van der Waals surface area contributed by atoms with Gasteiger partial charge in [-0.2, -0.15) is 0 Å². The fraction of sp³-hybridized carbons (Fsp3) is 0.0526. The molecule has 1 amide bonds. The number of amides is 1. The lowest BCUT2D eigenvalue weighted by Gasteiger charge is -2.17. The molecule has 6 nitrogen and oxygen atoms in total. The van der Waals surface area contributed by atoms with Gasteiger partial charge in [-0.25, -0.2) is 9.59 Å². The number of nitrogens with zero attached hydrogens (tertiary/aromatic N) is 1. The Morgan fingerprint density at radius 3 is 2.44 bits per heavy atom. The Hall–Kier alpha value is -2.97. The van der Waals surface area contributed by atoms with E-state index in [0.717, 1.165) is 11.8 Å². The number of carbonyl (C=O) groups is 3. The molecule has 136 valence electrons. The lowest BCUT2D eigenvalue weighted by atomic mass is 10.1. The molecule has 1 aliphatic heterocycles. The van der Waals surface area contributed by atoms with E-state index < -0.39 is 11.9 Å². The number of benzene rings is 2. The molecule has 0 atom stereocenters. The summed E-state index contributed by atoms with van der Waals surface area (Å²) in [5.41, 5.74) is 1.42. The number of rotatable bonds is 4. The summed E-state index contributed by atoms with van der Waals surface area (Å²) in [6.45, 7) is 0. The number of ether oxygens (including phenoxy) is 1. The summed E-state index contributed by atoms with van der Waals surface area (Å²) < 4.78 is 5.07. The topological polar surface area (TPSA) is 83.9 Å². The molecule has 2 aromatic carbocycles. The molecule has 0 radical (unpaired) electrons. The van der Waals surface area contributed by atoms with E-state index in [0.29, 0.717) is 20.5 Å². The standard InChI is InChI=1S/C19H13NO5S2/c1-25-18(24)13-4-2-3-5-14(13)20-16(21)15(27-19(20)26)10-11-6-8-12(9-7-11)17(22)23/h2-10H,1H3,(H,22,23)/b15-10-. The number of anilines is 1. The van der Waals surface area contributed by atoms with Crippen LogP contribution >= 0.6 is 24.0 Å². The predicted molar refractivity (Wildman–Crippen MR) is 107 cm³/mol. The molecule has 0 bridgehead atoms. The van der Waals surface area contributed by atoms with Crippen LogP contribution in [0.3, 0.4) is 0 Å². The number of thioether (sulfide) groups is 1. The van der Waals surface area contributed by atoms with Crippen LogP contribution in [0.15, 0.2) is 53.4 Å². The van der Waals surface area contributed by atoms with Crippen molar-refractivity contribution < 1.29 is 24.2 Å². The average molecular weight is 399 g/mol. The second-order valence-electron chi connectivity index (χ2n) is 5.45. The summed E-state index contributed by atoms with van der Waals surface area (Å²) in [6, 6.07) is 12.7. The summed E-state index contributed by atoms with van der Waals surface area (Å²) in [6.07, 6.45) is 1.63. The van der Waals surface area contributed by atoms with E-state index in [-0.39, 0.29) is 17.0 Å². The van der Waals surface area contributed by atoms with Crippen molar-refractivity contribution in [2.75, 3.05) is 12.0 Å². The van der Waals surface area contributed by atoms with E-state index in [1.165, 1.54) is 24.1 Å². The van der Waals surface area contributed by atoms with E-state index in [9.17, 15) is 14.4 Å². The number of thiocarbonyl (C=S) groups is 1. The van der Waals surface area contributed by atoms with Gasteiger partial charge in [0.05, 0.1) is 28.8 Å². The number of carboxylic acids is 1. The third-order valence-electron chi connectivity index (χ3n) is 3.80. The SMILES string of the molecule is COC(=O)c1ccccc1N1C(=O)/C(=C/c2ccc(C(=O)O)cc2)SC1=S. The van der Waals surface area contributed by atoms with Crippen molar-refractivity contribution >= 4 is 57.9 Å². The highest BCUT2D eigenvalue weighted by Gasteiger charge is 2.35. The zero-order valence-electron chi connectivity index (χ0n) is 14.0. The molecule has 27 heavy (non-hydrogen) atoms. The third-order valence-corrected chi connectivity index (χ3v) is 5.10. The van der Waals surface area contributed by atoms with Crippen molar-refractivity contribution in [1.29, 1.82) is 0 Å². The van der Waals surface area contributed by atoms with E-state index in [1.54, 1.807) is 42.5 Å². The minimum absolute atomic E-state index is 0.159. The third kappa shape index (κ3) is 3.76. The quantitative estimate of drug-likeness (QED) is 0.478. The van der Waals surface area contributed by atoms with Crippen molar-refractivity contribution in [3.05, 3.63) is 70.1 Å². The minimum Gasteiger partial charge on any atom is -0.478 e. The van der Waals surface area contributed by atoms with Crippen LogP contribution in [0.2, 0.25) is 0 Å². The van der Waals surface area contributed by atoms with Gasteiger partial charge in [-0.1, -0.05) is 48.2 Å². The van der Waals surface area contributed by atoms with Crippen LogP contribution in [0.1, 0.15) is 26.3 Å². The van der Waals surface area contributed by atoms with Gasteiger partial charge in [-0.05, 0) is 35.9 Å². The number of carboxylic acid groups (broad SMARTS) is 1. The molecule has 1 N–H and O–H groups in total. The van der Waals surface area contributed by atoms with Crippen LogP contribution < -0.4 is 4.90 Å². The largest absolute Gasteiger partial charge is 0.478 e. The first kappa shape index (κ1) is 18.8. The van der Waals surface area contributed by atoms with Crippen molar-refractivity contribution in [1.82, 2.24) is 0 Å². The molecular formula is C19H13NO5S2. The second-order valence-corrected chi connectivity index (χ2v) is 7.13. The molecule has 1 fully saturated rings. The van der Waals surface area contributed by atoms with E-state index in [1.807, 2.05) is 0 Å². The first-order valence-corrected chi connectivity index (χ1v) is 8.93. The van der Waals surface area contributed by atoms with Crippen LogP contribution in [-0.4, -0.2) is 34.4 Å². The maximum absolute atomic E-state index is 12.9. The monoisotopic (exact) mass is 399 g/mol. The predicted octanol–water partition coefficient (Wildman–Crippen LogP) is 3.58. The Bertz CT molecular complexity index is 982. The lowest BCUT2D eigenvalue weighted by molar-refractivity contribution is -0.113. The average Bonchev–Trinajstić information content (AvgIpc) is 2.94. The fourth-order valence-corrected chi connectivity index (χ4v) is 3.78. The van der Waals surface area contributed by atoms with Gasteiger partial charge in [0, 0.05) is 0 Å². The van der Waals surface area contributed by atoms with Gasteiger partial charge in [0.2, 0.25) is 0 Å². The molecule has 3 rings (SSSR count). The van der Waals surface area contributed by atoms with Crippen LogP contribution in [-0.2, 0) is 9.53 Å². The summed E-state index contributed by atoms with van der Waals surface area (Å²) >= 11 is 6.44. The number of carbonyl (C=O) groups excluding carboxylic acids is 2. The van der Waals surface area contributed by atoms with Crippen molar-refractivity contribution in [3.63, 3.8) is 0 Å². The molecule has 0 aromatic heterocycles. The molecular weight excluding hydrogens is 386 g/mol. The maximum Gasteiger partial charge on any atom is 0.339 e. The molecule has 0 spiro atoms. The van der Waals surface area contributed by atoms with Crippen LogP contribution in [0.25, 0.3) is 6.08 Å². The van der Waals surface area contributed by atoms with Gasteiger partial charge >= 0.3 is 11.9 Å². The van der Waals surface area contributed by atoms with E-state index >= 15 is 0 Å². The molecule has 2 aromatic rings. The van der Waals surface area contributed by atoms with Gasteiger partial charge in [0.25, 0.3) is 5.91 Å². The van der Waals surface area contributed by atoms with Crippen molar-refractivity contribution in [2.45, 2.75) is 0 Å². The highest BCUT2D eigenvalue weighted by molar-refractivity contribution is 8.27. The van der Waals surface area contributed by atoms with Gasteiger partial charge in [-0.15, -0.1) is 0 Å². The molecule has 0 saturated carbocycles. The number of aromatic carboxylic acids is 1. The molecule has 0 unspecified atom stereocenters. The van der Waals surface area contributed by atoms with Gasteiger partial charge < -0.3 is 9.84 Å². The molecule has 1 aliphatic rings. The number of methoxy groups -OCH3 is 1. The summed E-state index contributed by atoms with van der Waals surface area (Å²) in [7, 11) is 1.27. The maximum atomic E-state index is 12.9. The normalized spacial score (nSPS) is 15.3. The summed E-state index contributed by atoms with van der Waals surface area (Å²) in [4.78, 5) is 37.5. The fourth-order valence-electron chi connectivity index (χ4n) is 2.50. The first-order chi connectivity index (χ1) is 12.9. The molecule has 0 aliphatic carbocycles. The van der Waals surface area contributed by atoms with E-state index in [4.69, 9.17) is 22.1 Å². The molecule has 1 saturated heterocycles. The molecule has 8 heteroatoms. The number of hydrogen-bond acceptors (Lipinski definition) is 6. The Kier molecular flexibility index (Phi) is 5.38. The Morgan fingerprint density at radius 2 is 1.81 bits per heavy atom. The zero-order chi connectivity index (χ0) is 19.6. The highest BCUT2D eigenvalue weighted by atomic mass is 32.2. The number of esters is 1. The van der Waals surface area contributed by atoms with Crippen molar-refractivity contribution in [3.8, 4) is 0 Å². The number of hydrogen-bond donors (Lipinski definition) is 1. The van der Waals surface area contributed by atoms with E-state index in [2.05, 4.69) is 0 Å². The van der Waals surface area contributed by atoms with Crippen LogP contribution in [0, 0.1) is 0 Å². The molecule has 1 heterocycles. The van der Waals surface area contributed by atoms with Gasteiger partial charge in [0.15, 0.2) is 4.32 Å². The first-order valence-electron chi connectivity index (χ1n) is 7.71. The highest BCUT2D eigenvalue weighted by Crippen LogP contribution is 2.37. The minimum atomic E-state index is -1.02. The van der Waals surface area contributed by atoms with Crippen LogP contribution in [0.5, 0.6) is 0 Å².